The van der Waals surface area contributed by atoms with E-state index in [9.17, 15) is 9.59 Å². The second-order valence-electron chi connectivity index (χ2n) is 10.3. The molecule has 9 nitrogen and oxygen atoms in total. The number of hydrogen-bond acceptors (Lipinski definition) is 6. The Balaban J connectivity index is 1.48. The highest BCUT2D eigenvalue weighted by molar-refractivity contribution is 5.93. The Bertz CT molecular complexity index is 1600. The van der Waals surface area contributed by atoms with Gasteiger partial charge in [-0.05, 0) is 49.9 Å². The molecule has 3 unspecified atom stereocenters. The lowest BCUT2D eigenvalue weighted by Gasteiger charge is -2.24. The van der Waals surface area contributed by atoms with E-state index >= 15 is 0 Å². The van der Waals surface area contributed by atoms with Crippen molar-refractivity contribution in [3.05, 3.63) is 56.6 Å². The van der Waals surface area contributed by atoms with Crippen molar-refractivity contribution >= 4 is 21.9 Å². The van der Waals surface area contributed by atoms with E-state index in [-0.39, 0.29) is 29.0 Å². The number of ether oxygens (including phenoxy) is 2. The Morgan fingerprint density at radius 1 is 1.14 bits per heavy atom. The Hall–Kier alpha value is -3.43. The molecule has 7 rings (SSSR count). The molecule has 0 aliphatic carbocycles. The molecule has 36 heavy (non-hydrogen) atoms. The molecule has 2 saturated heterocycles. The maximum Gasteiger partial charge on any atom is 0.275 e. The third kappa shape index (κ3) is 3.49. The molecule has 2 fully saturated rings. The summed E-state index contributed by atoms with van der Waals surface area (Å²) in [5, 5.41) is 3.81. The molecule has 3 aliphatic heterocycles. The van der Waals surface area contributed by atoms with E-state index in [1.54, 1.807) is 16.8 Å². The van der Waals surface area contributed by atoms with Crippen LogP contribution in [0.4, 0.5) is 0 Å². The molecule has 9 heteroatoms. The van der Waals surface area contributed by atoms with Gasteiger partial charge in [-0.25, -0.2) is 4.98 Å². The molecule has 0 amide bonds. The molecule has 2 aromatic carbocycles. The summed E-state index contributed by atoms with van der Waals surface area (Å²) in [6, 6.07) is 9.77. The number of aromatic nitrogens is 4. The van der Waals surface area contributed by atoms with Gasteiger partial charge in [-0.2, -0.15) is 0 Å². The summed E-state index contributed by atoms with van der Waals surface area (Å²) in [5.41, 5.74) is 3.37. The summed E-state index contributed by atoms with van der Waals surface area (Å²) in [5.74, 6) is 0.670. The summed E-state index contributed by atoms with van der Waals surface area (Å²) in [4.78, 5) is 36.8. The van der Waals surface area contributed by atoms with Crippen LogP contribution >= 0.6 is 0 Å². The molecular formula is C27H29N5O4. The van der Waals surface area contributed by atoms with Crippen molar-refractivity contribution in [3.8, 4) is 17.0 Å². The van der Waals surface area contributed by atoms with Crippen molar-refractivity contribution in [2.24, 2.45) is 0 Å². The molecule has 4 aromatic rings. The smallest absolute Gasteiger partial charge is 0.275 e. The lowest BCUT2D eigenvalue weighted by atomic mass is 10.00. The first kappa shape index (κ1) is 21.8. The predicted molar refractivity (Wildman–Crippen MR) is 137 cm³/mol. The summed E-state index contributed by atoms with van der Waals surface area (Å²) in [6.45, 7) is 4.98. The Morgan fingerprint density at radius 3 is 2.92 bits per heavy atom. The van der Waals surface area contributed by atoms with Crippen LogP contribution < -0.4 is 15.9 Å². The number of rotatable bonds is 1. The van der Waals surface area contributed by atoms with Gasteiger partial charge < -0.3 is 14.5 Å². The molecule has 2 aromatic heterocycles. The number of nitrogens with zero attached hydrogens (tertiary/aromatic N) is 3. The molecule has 3 aliphatic rings. The van der Waals surface area contributed by atoms with Crippen LogP contribution in [0.15, 0.2) is 39.9 Å². The number of nitrogens with one attached hydrogen (secondary N) is 2. The normalized spacial score (nSPS) is 25.9. The van der Waals surface area contributed by atoms with Gasteiger partial charge in [0, 0.05) is 37.7 Å². The average molecular weight is 488 g/mol. The van der Waals surface area contributed by atoms with Gasteiger partial charge in [0.2, 0.25) is 0 Å². The second kappa shape index (κ2) is 8.31. The van der Waals surface area contributed by atoms with E-state index in [1.165, 1.54) is 0 Å². The zero-order chi connectivity index (χ0) is 24.4. The summed E-state index contributed by atoms with van der Waals surface area (Å²) >= 11 is 0. The van der Waals surface area contributed by atoms with Gasteiger partial charge in [0.15, 0.2) is 0 Å². The molecular weight excluding hydrogens is 458 g/mol. The average Bonchev–Trinajstić information content (AvgIpc) is 3.40. The van der Waals surface area contributed by atoms with Crippen LogP contribution in [-0.4, -0.2) is 56.5 Å². The topological polar surface area (TPSA) is 105 Å². The predicted octanol–water partition coefficient (Wildman–Crippen LogP) is 3.33. The highest BCUT2D eigenvalue weighted by atomic mass is 16.5. The van der Waals surface area contributed by atoms with Crippen LogP contribution in [-0.2, 0) is 11.3 Å². The lowest BCUT2D eigenvalue weighted by molar-refractivity contribution is 0.0148. The maximum atomic E-state index is 13.3. The zero-order valence-electron chi connectivity index (χ0n) is 20.3. The minimum absolute atomic E-state index is 0.00955. The summed E-state index contributed by atoms with van der Waals surface area (Å²) < 4.78 is 14.3. The highest BCUT2D eigenvalue weighted by Gasteiger charge is 2.32. The first-order valence-corrected chi connectivity index (χ1v) is 12.9. The highest BCUT2D eigenvalue weighted by Crippen LogP contribution is 2.36. The van der Waals surface area contributed by atoms with Gasteiger partial charge in [-0.15, -0.1) is 0 Å². The zero-order valence-corrected chi connectivity index (χ0v) is 20.3. The third-order valence-corrected chi connectivity index (χ3v) is 7.95. The number of para-hydroxylation sites is 1. The SMILES string of the molecule is C[C@@H]1CC2CN1CCn1[nH]c3c(cccc3c1=O)-c1nc3c(cc(C4CCCCO4)cc3[nH]c1=O)O2. The van der Waals surface area contributed by atoms with Crippen molar-refractivity contribution < 1.29 is 9.47 Å². The lowest BCUT2D eigenvalue weighted by Crippen LogP contribution is -2.33. The number of aromatic amines is 2. The van der Waals surface area contributed by atoms with Gasteiger partial charge in [0.25, 0.3) is 11.1 Å². The van der Waals surface area contributed by atoms with E-state index in [4.69, 9.17) is 14.5 Å². The molecule has 0 radical (unpaired) electrons. The van der Waals surface area contributed by atoms with Crippen molar-refractivity contribution in [1.29, 1.82) is 0 Å². The minimum Gasteiger partial charge on any atom is -0.487 e. The maximum absolute atomic E-state index is 13.3. The molecule has 4 atom stereocenters. The number of benzene rings is 2. The van der Waals surface area contributed by atoms with Crippen LogP contribution in [0.25, 0.3) is 33.2 Å². The standard InChI is InChI=1S/C27H29N5O4/c1-15-11-17-14-31(15)8-9-32-27(34)19-6-4-5-18(23(19)30-32)24-26(33)28-20-12-16(21-7-2-3-10-35-21)13-22(36-17)25(20)29-24/h4-6,12-13,15,17,21,30H,2-3,7-11,14H2,1H3,(H,28,33)/t15-,17?,21?/m1/s1. The Morgan fingerprint density at radius 2 is 2.06 bits per heavy atom. The van der Waals surface area contributed by atoms with E-state index in [0.717, 1.165) is 50.9 Å². The molecule has 5 heterocycles. The van der Waals surface area contributed by atoms with Crippen molar-refractivity contribution in [3.63, 3.8) is 0 Å². The summed E-state index contributed by atoms with van der Waals surface area (Å²) in [7, 11) is 0. The van der Waals surface area contributed by atoms with Gasteiger partial charge in [-0.3, -0.25) is 24.3 Å². The van der Waals surface area contributed by atoms with Crippen LogP contribution in [0.1, 0.15) is 44.3 Å². The van der Waals surface area contributed by atoms with E-state index in [0.29, 0.717) is 45.8 Å². The van der Waals surface area contributed by atoms with Gasteiger partial charge in [0.1, 0.15) is 23.1 Å². The van der Waals surface area contributed by atoms with Crippen molar-refractivity contribution in [2.45, 2.75) is 57.4 Å². The van der Waals surface area contributed by atoms with Gasteiger partial charge in [-0.1, -0.05) is 12.1 Å². The van der Waals surface area contributed by atoms with Gasteiger partial charge >= 0.3 is 0 Å². The molecule has 0 saturated carbocycles. The fraction of sp³-hybridized carbons (Fsp3) is 0.444. The fourth-order valence-corrected chi connectivity index (χ4v) is 6.03. The molecule has 6 bridgehead atoms. The van der Waals surface area contributed by atoms with Crippen molar-refractivity contribution in [1.82, 2.24) is 24.6 Å². The van der Waals surface area contributed by atoms with E-state index in [2.05, 4.69) is 21.9 Å². The second-order valence-corrected chi connectivity index (χ2v) is 10.3. The number of hydrogen-bond donors (Lipinski definition) is 2. The van der Waals surface area contributed by atoms with Crippen LogP contribution in [0.5, 0.6) is 5.75 Å². The molecule has 2 N–H and O–H groups in total. The first-order chi connectivity index (χ1) is 17.5. The molecule has 0 spiro atoms. The van der Waals surface area contributed by atoms with Crippen LogP contribution in [0, 0.1) is 0 Å². The molecule has 186 valence electrons. The fourth-order valence-electron chi connectivity index (χ4n) is 6.03. The first-order valence-electron chi connectivity index (χ1n) is 12.9. The Labute approximate surface area is 207 Å². The quantitative estimate of drug-likeness (QED) is 0.427. The van der Waals surface area contributed by atoms with Crippen LogP contribution in [0.2, 0.25) is 0 Å². The van der Waals surface area contributed by atoms with Crippen LogP contribution in [0.3, 0.4) is 0 Å². The minimum atomic E-state index is -0.302. The number of H-pyrrole nitrogens is 2. The Kier molecular flexibility index (Phi) is 5.04. The number of fused-ring (bicyclic) bond motifs is 5. The third-order valence-electron chi connectivity index (χ3n) is 7.95. The van der Waals surface area contributed by atoms with Crippen molar-refractivity contribution in [2.75, 3.05) is 19.7 Å². The monoisotopic (exact) mass is 487 g/mol. The van der Waals surface area contributed by atoms with E-state index in [1.807, 2.05) is 18.2 Å². The largest absolute Gasteiger partial charge is 0.487 e. The van der Waals surface area contributed by atoms with E-state index < -0.39 is 0 Å². The van der Waals surface area contributed by atoms with Gasteiger partial charge in [0.05, 0.1) is 29.1 Å². The summed E-state index contributed by atoms with van der Waals surface area (Å²) in [6.07, 6.45) is 3.98.